The summed E-state index contributed by atoms with van der Waals surface area (Å²) in [6, 6.07) is 51.5. The van der Waals surface area contributed by atoms with Gasteiger partial charge < -0.3 is 14.4 Å². The van der Waals surface area contributed by atoms with E-state index in [2.05, 4.69) is 162 Å². The SMILES string of the molecule is [2H]c1c([2H])c([2H])c(-c2cccc(-c3c([2H])c([2H])c([2H])c([2H])c3[2H])c2N2[CH-]N(c3[c-]c(C(C)(C)c4[c-]c5c(cc4)c4ccccc4n5-c4cc(C(C)(C)c5ccccc5)ccn4)cc(-c4c(C)cc(C)cc4C)c3)c3ccccc32)c([2H])c1[2H].[Pt]. The fraction of sp³-hybridized carbons (Fsp3) is 0.130. The van der Waals surface area contributed by atoms with Gasteiger partial charge in [-0.25, -0.2) is 4.98 Å². The van der Waals surface area contributed by atoms with Crippen LogP contribution in [0.4, 0.5) is 22.7 Å². The van der Waals surface area contributed by atoms with E-state index in [1.807, 2.05) is 53.0 Å². The smallest absolute Gasteiger partial charge is 0.135 e. The Balaban J connectivity index is 0.00000736. The molecule has 0 saturated carbocycles. The van der Waals surface area contributed by atoms with Crippen LogP contribution >= 0.6 is 0 Å². The molecule has 0 N–H and O–H groups in total. The van der Waals surface area contributed by atoms with Crippen molar-refractivity contribution in [3.63, 3.8) is 0 Å². The number of para-hydroxylation sites is 4. The van der Waals surface area contributed by atoms with Gasteiger partial charge in [-0.05, 0) is 101 Å². The normalized spacial score (nSPS) is 14.5. The predicted molar refractivity (Wildman–Crippen MR) is 305 cm³/mol. The van der Waals surface area contributed by atoms with E-state index in [1.54, 1.807) is 18.2 Å². The zero-order valence-corrected chi connectivity index (χ0v) is 44.4. The molecule has 0 atom stereocenters. The van der Waals surface area contributed by atoms with E-state index in [0.29, 0.717) is 17.1 Å². The summed E-state index contributed by atoms with van der Waals surface area (Å²) in [6.45, 7) is 17.0. The van der Waals surface area contributed by atoms with E-state index in [9.17, 15) is 5.48 Å². The predicted octanol–water partition coefficient (Wildman–Crippen LogP) is 17.8. The second-order valence-electron chi connectivity index (χ2n) is 20.0. The van der Waals surface area contributed by atoms with Gasteiger partial charge in [0.05, 0.1) is 13.7 Å². The standard InChI is InChI=1S/C69H57N4.Pt/c1-46-38-47(2)66(48(3)39-46)51-40-55(42-56(41-51)71-45-72(63-33-20-19-32-62(63)71)67-57(49-22-11-8-12-23-49)29-21-30-58(67)50-24-13-9-14-25-50)69(6,7)53-34-35-60-59-28-17-18-31-61(59)73(64(60)43-53)65-44-54(36-37-70-65)68(4,5)52-26-15-10-16-27-52;/h8-41,44-45H,1-7H3;/q-3;/i8D,9D,11D,12D,13D,14D,22D,23D,24D,25D;. The number of benzene rings is 9. The molecular formula is C69H57N4Pt-3. The summed E-state index contributed by atoms with van der Waals surface area (Å²) < 4.78 is 91.1. The van der Waals surface area contributed by atoms with Crippen LogP contribution in [-0.4, -0.2) is 9.55 Å². The Morgan fingerprint density at radius 1 is 0.527 bits per heavy atom. The number of rotatable bonds is 10. The summed E-state index contributed by atoms with van der Waals surface area (Å²) in [5.74, 6) is 0.778. The van der Waals surface area contributed by atoms with Gasteiger partial charge in [0.1, 0.15) is 5.82 Å². The summed E-state index contributed by atoms with van der Waals surface area (Å²) in [6.07, 6.45) is 1.89. The van der Waals surface area contributed by atoms with Crippen LogP contribution in [0.25, 0.3) is 61.0 Å². The monoisotopic (exact) mass is 1150 g/mol. The van der Waals surface area contributed by atoms with Crippen molar-refractivity contribution in [3.8, 4) is 39.2 Å². The van der Waals surface area contributed by atoms with E-state index in [4.69, 9.17) is 13.2 Å². The Bertz CT molecular complexity index is 4330. The first-order valence-electron chi connectivity index (χ1n) is 29.5. The molecule has 5 heteroatoms. The molecule has 4 nitrogen and oxygen atoms in total. The summed E-state index contributed by atoms with van der Waals surface area (Å²) in [4.78, 5) is 8.85. The van der Waals surface area contributed by atoms with Gasteiger partial charge in [0.25, 0.3) is 0 Å². The zero-order chi connectivity index (χ0) is 58.7. The minimum Gasteiger partial charge on any atom is -0.493 e. The largest absolute Gasteiger partial charge is 0.493 e. The Hall–Kier alpha value is -7.78. The van der Waals surface area contributed by atoms with Gasteiger partial charge in [-0.2, -0.15) is 41.5 Å². The summed E-state index contributed by atoms with van der Waals surface area (Å²) in [7, 11) is 0. The van der Waals surface area contributed by atoms with Crippen molar-refractivity contribution in [1.29, 1.82) is 0 Å². The molecule has 1 aliphatic rings. The first-order chi connectivity index (χ1) is 39.6. The van der Waals surface area contributed by atoms with Gasteiger partial charge in [0.15, 0.2) is 0 Å². The fourth-order valence-corrected chi connectivity index (χ4v) is 10.8. The molecule has 0 amide bonds. The van der Waals surface area contributed by atoms with Gasteiger partial charge in [-0.3, -0.25) is 0 Å². The Labute approximate surface area is 464 Å². The van der Waals surface area contributed by atoms with Crippen molar-refractivity contribution in [1.82, 2.24) is 9.55 Å². The topological polar surface area (TPSA) is 24.3 Å². The molecule has 0 aliphatic carbocycles. The average Bonchev–Trinajstić information content (AvgIpc) is 1.87. The second kappa shape index (κ2) is 19.2. The first-order valence-corrected chi connectivity index (χ1v) is 24.5. The van der Waals surface area contributed by atoms with Crippen LogP contribution in [0.1, 0.15) is 80.3 Å². The molecule has 366 valence electrons. The Morgan fingerprint density at radius 2 is 1.15 bits per heavy atom. The molecule has 3 heterocycles. The molecule has 74 heavy (non-hydrogen) atoms. The van der Waals surface area contributed by atoms with Gasteiger partial charge in [-0.15, -0.1) is 29.4 Å². The average molecular weight is 1150 g/mol. The summed E-state index contributed by atoms with van der Waals surface area (Å²) in [5.41, 5.74) is 12.6. The van der Waals surface area contributed by atoms with Crippen molar-refractivity contribution in [2.75, 3.05) is 9.80 Å². The molecule has 0 bridgehead atoms. The van der Waals surface area contributed by atoms with Gasteiger partial charge >= 0.3 is 0 Å². The molecule has 0 fully saturated rings. The van der Waals surface area contributed by atoms with Crippen molar-refractivity contribution in [2.45, 2.75) is 59.3 Å². The Morgan fingerprint density at radius 3 is 1.82 bits per heavy atom. The quantitative estimate of drug-likeness (QED) is 0.128. The van der Waals surface area contributed by atoms with Crippen LogP contribution in [0.15, 0.2) is 212 Å². The third-order valence-electron chi connectivity index (χ3n) is 14.6. The third-order valence-corrected chi connectivity index (χ3v) is 14.6. The van der Waals surface area contributed by atoms with Gasteiger partial charge in [0, 0.05) is 66.4 Å². The molecule has 0 radical (unpaired) electrons. The minimum atomic E-state index is -0.752. The maximum atomic E-state index is 9.23. The number of aromatic nitrogens is 2. The van der Waals surface area contributed by atoms with Crippen molar-refractivity contribution >= 4 is 44.6 Å². The van der Waals surface area contributed by atoms with Crippen molar-refractivity contribution in [2.24, 2.45) is 0 Å². The zero-order valence-electron chi connectivity index (χ0n) is 52.1. The molecule has 0 spiro atoms. The molecule has 1 aliphatic heterocycles. The number of anilines is 4. The van der Waals surface area contributed by atoms with Crippen LogP contribution in [-0.2, 0) is 31.9 Å². The fourth-order valence-electron chi connectivity index (χ4n) is 10.8. The number of pyridine rings is 1. The van der Waals surface area contributed by atoms with Gasteiger partial charge in [-0.1, -0.05) is 190 Å². The maximum absolute atomic E-state index is 9.23. The number of hydrogen-bond acceptors (Lipinski definition) is 3. The van der Waals surface area contributed by atoms with E-state index in [0.717, 1.165) is 72.1 Å². The summed E-state index contributed by atoms with van der Waals surface area (Å²) in [5, 5.41) is 2.11. The van der Waals surface area contributed by atoms with Crippen LogP contribution in [0.2, 0.25) is 0 Å². The molecule has 0 saturated heterocycles. The van der Waals surface area contributed by atoms with Crippen LogP contribution in [0, 0.1) is 39.6 Å². The minimum absolute atomic E-state index is 0. The van der Waals surface area contributed by atoms with E-state index in [1.165, 1.54) is 5.56 Å². The molecular weight excluding hydrogens is 1080 g/mol. The second-order valence-corrected chi connectivity index (χ2v) is 20.0. The number of nitrogens with zero attached hydrogens (tertiary/aromatic N) is 4. The maximum Gasteiger partial charge on any atom is 0.135 e. The molecule has 12 rings (SSSR count). The third kappa shape index (κ3) is 8.36. The number of fused-ring (bicyclic) bond motifs is 4. The summed E-state index contributed by atoms with van der Waals surface area (Å²) >= 11 is 0. The Kier molecular flexibility index (Phi) is 9.85. The molecule has 0 unspecified atom stereocenters. The van der Waals surface area contributed by atoms with Gasteiger partial charge in [0.2, 0.25) is 0 Å². The van der Waals surface area contributed by atoms with Crippen LogP contribution in [0.3, 0.4) is 0 Å². The number of hydrogen-bond donors (Lipinski definition) is 0. The molecule has 11 aromatic rings. The van der Waals surface area contributed by atoms with E-state index in [-0.39, 0.29) is 54.4 Å². The number of aryl methyl sites for hydroxylation is 3. The van der Waals surface area contributed by atoms with Crippen LogP contribution < -0.4 is 9.80 Å². The first kappa shape index (κ1) is 37.9. The van der Waals surface area contributed by atoms with E-state index >= 15 is 0 Å². The molecule has 2 aromatic heterocycles. The van der Waals surface area contributed by atoms with E-state index < -0.39 is 65.8 Å². The van der Waals surface area contributed by atoms with Crippen molar-refractivity contribution < 1.29 is 34.8 Å². The molecule has 9 aromatic carbocycles. The van der Waals surface area contributed by atoms with Crippen LogP contribution in [0.5, 0.6) is 0 Å². The van der Waals surface area contributed by atoms with Crippen molar-refractivity contribution in [3.05, 3.63) is 270 Å².